The first-order valence-electron chi connectivity index (χ1n) is 5.14. The smallest absolute Gasteiger partial charge is 0.0434 e. The van der Waals surface area contributed by atoms with Crippen LogP contribution in [0.2, 0.25) is 0 Å². The third-order valence-corrected chi connectivity index (χ3v) is 3.53. The van der Waals surface area contributed by atoms with Gasteiger partial charge < -0.3 is 10.0 Å². The fourth-order valence-corrected chi connectivity index (χ4v) is 2.49. The Bertz CT molecular complexity index is 156. The Balaban J connectivity index is 1.86. The van der Waals surface area contributed by atoms with Crippen molar-refractivity contribution in [2.45, 2.75) is 31.7 Å². The standard InChI is InChI=1S/C10H19NO/c1-11-6-4-10(11)9(5-7-12)8-2-3-8/h8-10,12H,2-7H2,1H3. The summed E-state index contributed by atoms with van der Waals surface area (Å²) in [5.74, 6) is 1.75. The molecule has 0 bridgehead atoms. The van der Waals surface area contributed by atoms with Crippen LogP contribution in [0.3, 0.4) is 0 Å². The third-order valence-electron chi connectivity index (χ3n) is 3.53. The fraction of sp³-hybridized carbons (Fsp3) is 1.00. The molecule has 0 aromatic rings. The van der Waals surface area contributed by atoms with Crippen molar-refractivity contribution in [3.63, 3.8) is 0 Å². The maximum Gasteiger partial charge on any atom is 0.0434 e. The zero-order valence-electron chi connectivity index (χ0n) is 7.87. The van der Waals surface area contributed by atoms with E-state index in [0.717, 1.165) is 24.3 Å². The Labute approximate surface area is 74.6 Å². The van der Waals surface area contributed by atoms with Gasteiger partial charge in [-0.2, -0.15) is 0 Å². The number of hydrogen-bond acceptors (Lipinski definition) is 2. The zero-order chi connectivity index (χ0) is 8.55. The van der Waals surface area contributed by atoms with Gasteiger partial charge in [0.1, 0.15) is 0 Å². The molecule has 1 N–H and O–H groups in total. The molecule has 1 aliphatic carbocycles. The third kappa shape index (κ3) is 1.50. The predicted octanol–water partition coefficient (Wildman–Crippen LogP) is 1.10. The topological polar surface area (TPSA) is 23.5 Å². The van der Waals surface area contributed by atoms with Gasteiger partial charge in [-0.3, -0.25) is 0 Å². The number of likely N-dealkylation sites (tertiary alicyclic amines) is 1. The molecule has 1 saturated heterocycles. The van der Waals surface area contributed by atoms with Crippen LogP contribution in [0, 0.1) is 11.8 Å². The Morgan fingerprint density at radius 3 is 2.50 bits per heavy atom. The molecule has 0 aromatic heterocycles. The molecular weight excluding hydrogens is 150 g/mol. The summed E-state index contributed by atoms with van der Waals surface area (Å²) in [6.45, 7) is 1.64. The Morgan fingerprint density at radius 2 is 2.17 bits per heavy atom. The summed E-state index contributed by atoms with van der Waals surface area (Å²) in [7, 11) is 2.21. The van der Waals surface area contributed by atoms with Gasteiger partial charge in [-0.1, -0.05) is 0 Å². The van der Waals surface area contributed by atoms with E-state index in [1.54, 1.807) is 0 Å². The monoisotopic (exact) mass is 169 g/mol. The average Bonchev–Trinajstić information content (AvgIpc) is 2.83. The van der Waals surface area contributed by atoms with Crippen LogP contribution in [-0.2, 0) is 0 Å². The molecule has 2 heteroatoms. The number of aliphatic hydroxyl groups excluding tert-OH is 1. The van der Waals surface area contributed by atoms with Gasteiger partial charge >= 0.3 is 0 Å². The highest BCUT2D eigenvalue weighted by Crippen LogP contribution is 2.43. The van der Waals surface area contributed by atoms with Crippen LogP contribution in [0.4, 0.5) is 0 Å². The summed E-state index contributed by atoms with van der Waals surface area (Å²) >= 11 is 0. The highest BCUT2D eigenvalue weighted by Gasteiger charge is 2.40. The van der Waals surface area contributed by atoms with E-state index in [1.165, 1.54) is 25.8 Å². The lowest BCUT2D eigenvalue weighted by molar-refractivity contribution is 0.0501. The van der Waals surface area contributed by atoms with Gasteiger partial charge in [0.25, 0.3) is 0 Å². The lowest BCUT2D eigenvalue weighted by atomic mass is 9.84. The molecule has 2 unspecified atom stereocenters. The molecule has 2 nitrogen and oxygen atoms in total. The molecule has 2 rings (SSSR count). The van der Waals surface area contributed by atoms with Crippen molar-refractivity contribution in [3.8, 4) is 0 Å². The largest absolute Gasteiger partial charge is 0.396 e. The molecule has 2 atom stereocenters. The maximum atomic E-state index is 8.95. The molecule has 0 aromatic carbocycles. The minimum absolute atomic E-state index is 0.380. The molecule has 12 heavy (non-hydrogen) atoms. The zero-order valence-corrected chi connectivity index (χ0v) is 7.87. The summed E-state index contributed by atoms with van der Waals surface area (Å²) in [4.78, 5) is 2.44. The van der Waals surface area contributed by atoms with Gasteiger partial charge in [-0.15, -0.1) is 0 Å². The molecule has 0 spiro atoms. The number of aliphatic hydroxyl groups is 1. The Kier molecular flexibility index (Phi) is 2.37. The van der Waals surface area contributed by atoms with Gasteiger partial charge in [0.2, 0.25) is 0 Å². The van der Waals surface area contributed by atoms with Gasteiger partial charge in [0.15, 0.2) is 0 Å². The molecule has 0 radical (unpaired) electrons. The van der Waals surface area contributed by atoms with E-state index in [4.69, 9.17) is 5.11 Å². The van der Waals surface area contributed by atoms with E-state index >= 15 is 0 Å². The second kappa shape index (κ2) is 3.35. The van der Waals surface area contributed by atoms with Crippen LogP contribution < -0.4 is 0 Å². The first-order valence-corrected chi connectivity index (χ1v) is 5.14. The van der Waals surface area contributed by atoms with E-state index < -0.39 is 0 Å². The lowest BCUT2D eigenvalue weighted by Crippen LogP contribution is -2.50. The highest BCUT2D eigenvalue weighted by atomic mass is 16.3. The summed E-state index contributed by atoms with van der Waals surface area (Å²) in [5, 5.41) is 8.95. The number of nitrogens with zero attached hydrogens (tertiary/aromatic N) is 1. The molecule has 1 heterocycles. The van der Waals surface area contributed by atoms with E-state index in [2.05, 4.69) is 11.9 Å². The number of rotatable bonds is 4. The van der Waals surface area contributed by atoms with Crippen molar-refractivity contribution in [2.75, 3.05) is 20.2 Å². The Hall–Kier alpha value is -0.0800. The van der Waals surface area contributed by atoms with Crippen LogP contribution in [0.5, 0.6) is 0 Å². The van der Waals surface area contributed by atoms with Crippen molar-refractivity contribution < 1.29 is 5.11 Å². The summed E-state index contributed by atoms with van der Waals surface area (Å²) in [6, 6.07) is 0.796. The molecule has 70 valence electrons. The molecule has 2 fully saturated rings. The van der Waals surface area contributed by atoms with Gasteiger partial charge in [-0.05, 0) is 51.1 Å². The van der Waals surface area contributed by atoms with Crippen LogP contribution in [-0.4, -0.2) is 36.2 Å². The summed E-state index contributed by atoms with van der Waals surface area (Å²) < 4.78 is 0. The second-order valence-electron chi connectivity index (χ2n) is 4.35. The molecule has 0 amide bonds. The van der Waals surface area contributed by atoms with Crippen LogP contribution in [0.25, 0.3) is 0 Å². The van der Waals surface area contributed by atoms with E-state index in [-0.39, 0.29) is 0 Å². The van der Waals surface area contributed by atoms with Gasteiger partial charge in [0.05, 0.1) is 0 Å². The van der Waals surface area contributed by atoms with Crippen LogP contribution in [0.1, 0.15) is 25.7 Å². The first kappa shape index (κ1) is 8.52. The normalized spacial score (nSPS) is 33.0. The summed E-state index contributed by atoms with van der Waals surface area (Å²) in [6.07, 6.45) is 5.21. The van der Waals surface area contributed by atoms with Crippen molar-refractivity contribution in [3.05, 3.63) is 0 Å². The minimum Gasteiger partial charge on any atom is -0.396 e. The maximum absolute atomic E-state index is 8.95. The van der Waals surface area contributed by atoms with E-state index in [0.29, 0.717) is 6.61 Å². The highest BCUT2D eigenvalue weighted by molar-refractivity contribution is 4.93. The van der Waals surface area contributed by atoms with Gasteiger partial charge in [0, 0.05) is 12.6 Å². The van der Waals surface area contributed by atoms with Gasteiger partial charge in [-0.25, -0.2) is 0 Å². The molecule has 1 saturated carbocycles. The van der Waals surface area contributed by atoms with Crippen LogP contribution >= 0.6 is 0 Å². The van der Waals surface area contributed by atoms with Crippen molar-refractivity contribution in [2.24, 2.45) is 11.8 Å². The predicted molar refractivity (Wildman–Crippen MR) is 49.0 cm³/mol. The summed E-state index contributed by atoms with van der Waals surface area (Å²) in [5.41, 5.74) is 0. The second-order valence-corrected chi connectivity index (χ2v) is 4.35. The SMILES string of the molecule is CN1CCC1C(CCO)C1CC1. The molecule has 2 aliphatic rings. The number of hydrogen-bond donors (Lipinski definition) is 1. The van der Waals surface area contributed by atoms with E-state index in [9.17, 15) is 0 Å². The van der Waals surface area contributed by atoms with E-state index in [1.807, 2.05) is 0 Å². The van der Waals surface area contributed by atoms with Crippen molar-refractivity contribution in [1.82, 2.24) is 4.90 Å². The minimum atomic E-state index is 0.380. The van der Waals surface area contributed by atoms with Crippen molar-refractivity contribution in [1.29, 1.82) is 0 Å². The van der Waals surface area contributed by atoms with Crippen LogP contribution in [0.15, 0.2) is 0 Å². The lowest BCUT2D eigenvalue weighted by Gasteiger charge is -2.43. The van der Waals surface area contributed by atoms with Crippen molar-refractivity contribution >= 4 is 0 Å². The quantitative estimate of drug-likeness (QED) is 0.681. The average molecular weight is 169 g/mol. The molecule has 1 aliphatic heterocycles. The fourth-order valence-electron chi connectivity index (χ4n) is 2.49. The first-order chi connectivity index (χ1) is 5.83. The Morgan fingerprint density at radius 1 is 1.42 bits per heavy atom. The molecular formula is C10H19NO.